The second kappa shape index (κ2) is 10.5. The minimum Gasteiger partial charge on any atom is -0.457 e. The van der Waals surface area contributed by atoms with Gasteiger partial charge >= 0.3 is 18.2 Å². The number of nitrogens with zero attached hydrogens (tertiary/aromatic N) is 2. The lowest BCUT2D eigenvalue weighted by atomic mass is 9.85. The number of rotatable bonds is 6. The average Bonchev–Trinajstić information content (AvgIpc) is 3.26. The number of cyclic esters (lactones) is 1. The maximum Gasteiger partial charge on any atom is 0.514 e. The van der Waals surface area contributed by atoms with Gasteiger partial charge in [-0.25, -0.2) is 19.4 Å². The number of hydrogen-bond donors (Lipinski definition) is 1. The van der Waals surface area contributed by atoms with Crippen LogP contribution in [0, 0.1) is 0 Å². The summed E-state index contributed by atoms with van der Waals surface area (Å²) in [7, 11) is 0. The fourth-order valence-electron chi connectivity index (χ4n) is 5.11. The third-order valence-corrected chi connectivity index (χ3v) is 7.10. The molecule has 0 aliphatic carbocycles. The van der Waals surface area contributed by atoms with Crippen LogP contribution in [0.2, 0.25) is 0 Å². The van der Waals surface area contributed by atoms with E-state index in [9.17, 15) is 19.2 Å². The first-order valence-electron chi connectivity index (χ1n) is 13.7. The molecule has 1 amide bonds. The average molecular weight is 564 g/mol. The Kier molecular flexibility index (Phi) is 7.23. The van der Waals surface area contributed by atoms with Crippen molar-refractivity contribution in [3.8, 4) is 17.1 Å². The maximum absolute atomic E-state index is 13.7. The molecule has 0 bridgehead atoms. The molecule has 41 heavy (non-hydrogen) atoms. The number of carbonyl (C=O) groups excluding carboxylic acids is 3. The molecular formula is C30H33N3O8. The van der Waals surface area contributed by atoms with Crippen molar-refractivity contribution in [2.24, 2.45) is 0 Å². The van der Waals surface area contributed by atoms with Gasteiger partial charge in [0.05, 0.1) is 29.0 Å². The highest BCUT2D eigenvalue weighted by molar-refractivity contribution is 5.88. The van der Waals surface area contributed by atoms with E-state index in [2.05, 4.69) is 5.32 Å². The molecule has 1 N–H and O–H groups in total. The van der Waals surface area contributed by atoms with Crippen LogP contribution < -0.4 is 15.6 Å². The zero-order valence-corrected chi connectivity index (χ0v) is 23.8. The minimum absolute atomic E-state index is 0.0847. The van der Waals surface area contributed by atoms with Gasteiger partial charge in [-0.3, -0.25) is 4.79 Å². The van der Waals surface area contributed by atoms with Gasteiger partial charge in [0.25, 0.3) is 5.56 Å². The van der Waals surface area contributed by atoms with Crippen LogP contribution in [0.4, 0.5) is 9.59 Å². The Morgan fingerprint density at radius 2 is 1.93 bits per heavy atom. The second-order valence-corrected chi connectivity index (χ2v) is 11.2. The van der Waals surface area contributed by atoms with E-state index in [0.29, 0.717) is 40.1 Å². The summed E-state index contributed by atoms with van der Waals surface area (Å²) in [5.41, 5.74) is 0.280. The third kappa shape index (κ3) is 5.23. The summed E-state index contributed by atoms with van der Waals surface area (Å²) in [6.07, 6.45) is 0.162. The normalized spacial score (nSPS) is 17.2. The van der Waals surface area contributed by atoms with E-state index < -0.39 is 29.4 Å². The first-order valence-corrected chi connectivity index (χ1v) is 13.7. The lowest BCUT2D eigenvalue weighted by Gasteiger charge is -2.35. The van der Waals surface area contributed by atoms with Crippen molar-refractivity contribution in [3.05, 3.63) is 57.4 Å². The highest BCUT2D eigenvalue weighted by Gasteiger charge is 2.50. The summed E-state index contributed by atoms with van der Waals surface area (Å²) in [6.45, 7) is 9.39. The molecule has 0 fully saturated rings. The van der Waals surface area contributed by atoms with Crippen LogP contribution in [0.5, 0.6) is 5.75 Å². The van der Waals surface area contributed by atoms with Crippen LogP contribution in [-0.2, 0) is 37.8 Å². The van der Waals surface area contributed by atoms with Gasteiger partial charge < -0.3 is 28.8 Å². The predicted octanol–water partition coefficient (Wildman–Crippen LogP) is 4.93. The van der Waals surface area contributed by atoms with Gasteiger partial charge in [0.2, 0.25) is 5.60 Å². The summed E-state index contributed by atoms with van der Waals surface area (Å²) in [5.74, 6) is -0.418. The highest BCUT2D eigenvalue weighted by Crippen LogP contribution is 2.41. The van der Waals surface area contributed by atoms with Gasteiger partial charge in [0.15, 0.2) is 0 Å². The van der Waals surface area contributed by atoms with Gasteiger partial charge in [-0.05, 0) is 63.9 Å². The highest BCUT2D eigenvalue weighted by atomic mass is 16.7. The predicted molar refractivity (Wildman–Crippen MR) is 149 cm³/mol. The van der Waals surface area contributed by atoms with Crippen LogP contribution >= 0.6 is 0 Å². The molecule has 1 atom stereocenters. The number of ether oxygens (including phenoxy) is 4. The van der Waals surface area contributed by atoms with Crippen molar-refractivity contribution >= 4 is 29.1 Å². The molecule has 2 aromatic heterocycles. The van der Waals surface area contributed by atoms with Crippen molar-refractivity contribution in [2.45, 2.75) is 78.2 Å². The van der Waals surface area contributed by atoms with Crippen LogP contribution in [0.15, 0.2) is 35.1 Å². The summed E-state index contributed by atoms with van der Waals surface area (Å²) in [4.78, 5) is 56.4. The summed E-state index contributed by atoms with van der Waals surface area (Å²) in [5, 5.41) is 3.38. The zero-order valence-electron chi connectivity index (χ0n) is 23.8. The number of carbonyl (C=O) groups is 3. The second-order valence-electron chi connectivity index (χ2n) is 11.2. The molecule has 216 valence electrons. The smallest absolute Gasteiger partial charge is 0.457 e. The van der Waals surface area contributed by atoms with Gasteiger partial charge in [0.1, 0.15) is 18.0 Å². The summed E-state index contributed by atoms with van der Waals surface area (Å²) < 4.78 is 23.2. The number of esters is 1. The van der Waals surface area contributed by atoms with Gasteiger partial charge in [-0.1, -0.05) is 20.3 Å². The molecule has 1 unspecified atom stereocenters. The zero-order chi connectivity index (χ0) is 29.5. The number of unbranched alkanes of at least 4 members (excludes halogenated alkanes) is 1. The monoisotopic (exact) mass is 563 g/mol. The Bertz CT molecular complexity index is 1620. The van der Waals surface area contributed by atoms with Crippen LogP contribution in [0.3, 0.4) is 0 Å². The number of pyridine rings is 2. The first-order chi connectivity index (χ1) is 19.5. The van der Waals surface area contributed by atoms with Crippen molar-refractivity contribution in [1.82, 2.24) is 14.9 Å². The van der Waals surface area contributed by atoms with Gasteiger partial charge in [0, 0.05) is 23.1 Å². The number of fused-ring (bicyclic) bond motifs is 5. The fraction of sp³-hybridized carbons (Fsp3) is 0.433. The standard InChI is InChI=1S/C30H33N3O8/c1-6-8-11-31-27(36)40-30(7-2)21-14-23-24-18(15-33(23)25(34)20(21)16-38-26(30)35)12-17-13-19(9-10-22(17)32-24)39-28(37)41-29(3,4)5/h9-10,12-14H,6-8,11,15-16H2,1-5H3,(H,31,36). The molecule has 0 spiro atoms. The van der Waals surface area contributed by atoms with Crippen LogP contribution in [-0.4, -0.2) is 39.9 Å². The number of hydrogen-bond acceptors (Lipinski definition) is 9. The molecule has 1 aromatic carbocycles. The van der Waals surface area contributed by atoms with E-state index in [1.54, 1.807) is 56.5 Å². The molecule has 2 aliphatic rings. The van der Waals surface area contributed by atoms with Crippen LogP contribution in [0.25, 0.3) is 22.3 Å². The number of amides is 1. The molecule has 5 rings (SSSR count). The van der Waals surface area contributed by atoms with E-state index in [4.69, 9.17) is 23.9 Å². The molecule has 11 nitrogen and oxygen atoms in total. The SMILES string of the molecule is CCCCNC(=O)OC1(CC)C(=O)OCc2c1cc1n(c2=O)Cc2cc3cc(OC(=O)OC(C)(C)C)ccc3nc2-1. The molecule has 4 heterocycles. The Morgan fingerprint density at radius 3 is 2.63 bits per heavy atom. The Morgan fingerprint density at radius 1 is 1.15 bits per heavy atom. The van der Waals surface area contributed by atoms with Gasteiger partial charge in [-0.15, -0.1) is 0 Å². The number of alkyl carbamates (subject to hydrolysis) is 1. The quantitative estimate of drug-likeness (QED) is 0.150. The van der Waals surface area contributed by atoms with Gasteiger partial charge in [-0.2, -0.15) is 0 Å². The molecule has 2 aliphatic heterocycles. The molecule has 11 heteroatoms. The summed E-state index contributed by atoms with van der Waals surface area (Å²) >= 11 is 0. The number of nitrogens with one attached hydrogen (secondary N) is 1. The Hall–Kier alpha value is -4.41. The van der Waals surface area contributed by atoms with Crippen molar-refractivity contribution in [1.29, 1.82) is 0 Å². The molecule has 0 radical (unpaired) electrons. The van der Waals surface area contributed by atoms with Crippen molar-refractivity contribution < 1.29 is 33.3 Å². The topological polar surface area (TPSA) is 135 Å². The van der Waals surface area contributed by atoms with E-state index in [0.717, 1.165) is 18.4 Å². The first kappa shape index (κ1) is 28.1. The summed E-state index contributed by atoms with van der Waals surface area (Å²) in [6, 6.07) is 8.61. The number of benzene rings is 1. The Labute approximate surface area is 236 Å². The molecule has 0 saturated heterocycles. The molecular weight excluding hydrogens is 530 g/mol. The number of aromatic nitrogens is 2. The maximum atomic E-state index is 13.7. The largest absolute Gasteiger partial charge is 0.514 e. The van der Waals surface area contributed by atoms with Crippen LogP contribution in [0.1, 0.15) is 70.6 Å². The lowest BCUT2D eigenvalue weighted by molar-refractivity contribution is -0.172. The molecule has 0 saturated carbocycles. The van der Waals surface area contributed by atoms with E-state index in [-0.39, 0.29) is 30.7 Å². The fourth-order valence-corrected chi connectivity index (χ4v) is 5.11. The van der Waals surface area contributed by atoms with E-state index >= 15 is 0 Å². The van der Waals surface area contributed by atoms with Crippen molar-refractivity contribution in [2.75, 3.05) is 6.54 Å². The molecule has 3 aromatic rings. The Balaban J connectivity index is 1.53. The van der Waals surface area contributed by atoms with E-state index in [1.807, 2.05) is 13.0 Å². The van der Waals surface area contributed by atoms with E-state index in [1.165, 1.54) is 0 Å². The lowest BCUT2D eigenvalue weighted by Crippen LogP contribution is -2.49. The minimum atomic E-state index is -1.76. The van der Waals surface area contributed by atoms with Crippen molar-refractivity contribution in [3.63, 3.8) is 0 Å². The third-order valence-electron chi connectivity index (χ3n) is 7.10.